The lowest BCUT2D eigenvalue weighted by atomic mass is 9.94. The molecule has 1 heterocycles. The standard InChI is InChI=1S/C15H30O3Si/c1-11(9-13-10-14(16)17-13)8-12(2)18-19(6,7)15(3,4)5/h11-13H,8-10H2,1-7H3/t11-,12+,13+/m0/s1. The Bertz CT molecular complexity index is 312. The summed E-state index contributed by atoms with van der Waals surface area (Å²) in [7, 11) is -1.67. The average molecular weight is 286 g/mol. The fourth-order valence-electron chi connectivity index (χ4n) is 2.33. The van der Waals surface area contributed by atoms with Crippen molar-refractivity contribution in [2.45, 2.75) is 84.2 Å². The molecule has 0 bridgehead atoms. The average Bonchev–Trinajstić information content (AvgIpc) is 2.11. The summed E-state index contributed by atoms with van der Waals surface area (Å²) < 4.78 is 11.4. The topological polar surface area (TPSA) is 35.5 Å². The van der Waals surface area contributed by atoms with Crippen LogP contribution in [0.25, 0.3) is 0 Å². The Kier molecular flexibility index (Phi) is 5.24. The number of carbonyl (C=O) groups excluding carboxylic acids is 1. The largest absolute Gasteiger partial charge is 0.462 e. The predicted octanol–water partition coefficient (Wildman–Crippen LogP) is 4.13. The Morgan fingerprint density at radius 1 is 1.37 bits per heavy atom. The van der Waals surface area contributed by atoms with E-state index in [9.17, 15) is 4.79 Å². The molecule has 1 rings (SSSR count). The summed E-state index contributed by atoms with van der Waals surface area (Å²) in [4.78, 5) is 10.8. The van der Waals surface area contributed by atoms with Gasteiger partial charge in [0.05, 0.1) is 6.42 Å². The maximum absolute atomic E-state index is 10.8. The number of rotatable bonds is 6. The van der Waals surface area contributed by atoms with E-state index in [2.05, 4.69) is 47.7 Å². The molecule has 1 saturated heterocycles. The molecule has 0 aromatic heterocycles. The minimum Gasteiger partial charge on any atom is -0.462 e. The Labute approximate surface area is 119 Å². The minimum atomic E-state index is -1.67. The zero-order valence-corrected chi connectivity index (χ0v) is 14.6. The molecule has 0 saturated carbocycles. The summed E-state index contributed by atoms with van der Waals surface area (Å²) in [5.74, 6) is 0.487. The molecule has 0 amide bonds. The van der Waals surface area contributed by atoms with E-state index >= 15 is 0 Å². The van der Waals surface area contributed by atoms with E-state index < -0.39 is 8.32 Å². The summed E-state index contributed by atoms with van der Waals surface area (Å²) in [5.41, 5.74) is 0. The van der Waals surface area contributed by atoms with Gasteiger partial charge in [-0.25, -0.2) is 0 Å². The van der Waals surface area contributed by atoms with Crippen LogP contribution in [0, 0.1) is 5.92 Å². The highest BCUT2D eigenvalue weighted by Gasteiger charge is 2.38. The second-order valence-electron chi connectivity index (χ2n) is 7.58. The van der Waals surface area contributed by atoms with Crippen LogP contribution in [-0.4, -0.2) is 26.5 Å². The van der Waals surface area contributed by atoms with Crippen LogP contribution in [0.2, 0.25) is 18.1 Å². The predicted molar refractivity (Wildman–Crippen MR) is 80.6 cm³/mol. The van der Waals surface area contributed by atoms with Crippen molar-refractivity contribution in [3.05, 3.63) is 0 Å². The van der Waals surface area contributed by atoms with Gasteiger partial charge >= 0.3 is 5.97 Å². The molecule has 1 aliphatic rings. The zero-order valence-electron chi connectivity index (χ0n) is 13.6. The number of esters is 1. The van der Waals surface area contributed by atoms with Crippen molar-refractivity contribution in [1.29, 1.82) is 0 Å². The van der Waals surface area contributed by atoms with Crippen molar-refractivity contribution in [2.24, 2.45) is 5.92 Å². The van der Waals surface area contributed by atoms with E-state index in [1.54, 1.807) is 0 Å². The molecule has 0 aromatic carbocycles. The summed E-state index contributed by atoms with van der Waals surface area (Å²) >= 11 is 0. The molecule has 0 N–H and O–H groups in total. The van der Waals surface area contributed by atoms with E-state index in [-0.39, 0.29) is 23.2 Å². The quantitative estimate of drug-likeness (QED) is 0.544. The third-order valence-corrected chi connectivity index (χ3v) is 9.00. The van der Waals surface area contributed by atoms with Crippen LogP contribution in [0.3, 0.4) is 0 Å². The van der Waals surface area contributed by atoms with Crippen LogP contribution in [0.4, 0.5) is 0 Å². The van der Waals surface area contributed by atoms with Crippen molar-refractivity contribution in [1.82, 2.24) is 0 Å². The fraction of sp³-hybridized carbons (Fsp3) is 0.933. The number of hydrogen-bond acceptors (Lipinski definition) is 3. The number of hydrogen-bond donors (Lipinski definition) is 0. The van der Waals surface area contributed by atoms with Gasteiger partial charge in [-0.2, -0.15) is 0 Å². The molecule has 1 aliphatic heterocycles. The molecule has 3 atom stereocenters. The Morgan fingerprint density at radius 2 is 1.89 bits per heavy atom. The molecule has 19 heavy (non-hydrogen) atoms. The van der Waals surface area contributed by atoms with Crippen LogP contribution in [-0.2, 0) is 14.0 Å². The summed E-state index contributed by atoms with van der Waals surface area (Å²) in [5, 5.41) is 0.258. The molecule has 0 spiro atoms. The monoisotopic (exact) mass is 286 g/mol. The Morgan fingerprint density at radius 3 is 2.32 bits per heavy atom. The molecular weight excluding hydrogens is 256 g/mol. The van der Waals surface area contributed by atoms with E-state index in [0.717, 1.165) is 12.8 Å². The fourth-order valence-corrected chi connectivity index (χ4v) is 3.79. The Hall–Kier alpha value is -0.353. The third-order valence-electron chi connectivity index (χ3n) is 4.39. The molecule has 0 aromatic rings. The smallest absolute Gasteiger partial charge is 0.309 e. The van der Waals surface area contributed by atoms with Gasteiger partial charge in [-0.1, -0.05) is 27.7 Å². The molecule has 1 fully saturated rings. The first-order chi connectivity index (χ1) is 8.51. The van der Waals surface area contributed by atoms with Crippen molar-refractivity contribution in [3.8, 4) is 0 Å². The highest BCUT2D eigenvalue weighted by molar-refractivity contribution is 6.74. The molecular formula is C15H30O3Si. The zero-order chi connectivity index (χ0) is 14.8. The molecule has 3 nitrogen and oxygen atoms in total. The van der Waals surface area contributed by atoms with Crippen LogP contribution >= 0.6 is 0 Å². The van der Waals surface area contributed by atoms with Gasteiger partial charge in [0.1, 0.15) is 6.10 Å². The van der Waals surface area contributed by atoms with Gasteiger partial charge in [-0.3, -0.25) is 4.79 Å². The van der Waals surface area contributed by atoms with Gasteiger partial charge in [0, 0.05) is 6.10 Å². The van der Waals surface area contributed by atoms with Gasteiger partial charge < -0.3 is 9.16 Å². The summed E-state index contributed by atoms with van der Waals surface area (Å²) in [6, 6.07) is 0. The molecule has 0 radical (unpaired) electrons. The summed E-state index contributed by atoms with van der Waals surface area (Å²) in [6.45, 7) is 15.8. The van der Waals surface area contributed by atoms with Crippen molar-refractivity contribution >= 4 is 14.3 Å². The second-order valence-corrected chi connectivity index (χ2v) is 12.3. The van der Waals surface area contributed by atoms with Crippen LogP contribution in [0.15, 0.2) is 0 Å². The molecule has 4 heteroatoms. The first kappa shape index (κ1) is 16.7. The lowest BCUT2D eigenvalue weighted by Gasteiger charge is -2.39. The maximum Gasteiger partial charge on any atom is 0.309 e. The maximum atomic E-state index is 10.8. The SMILES string of the molecule is C[C@H](C[C@@H]1CC(=O)O1)C[C@@H](C)O[Si](C)(C)C(C)(C)C. The van der Waals surface area contributed by atoms with Crippen molar-refractivity contribution < 1.29 is 14.0 Å². The van der Waals surface area contributed by atoms with Crippen LogP contribution < -0.4 is 0 Å². The highest BCUT2D eigenvalue weighted by atomic mass is 28.4. The summed E-state index contributed by atoms with van der Waals surface area (Å²) in [6.07, 6.45) is 3.05. The van der Waals surface area contributed by atoms with Gasteiger partial charge in [-0.05, 0) is 43.8 Å². The van der Waals surface area contributed by atoms with E-state index in [4.69, 9.17) is 9.16 Å². The molecule has 0 unspecified atom stereocenters. The Balaban J connectivity index is 2.34. The van der Waals surface area contributed by atoms with Crippen molar-refractivity contribution in [2.75, 3.05) is 0 Å². The van der Waals surface area contributed by atoms with E-state index in [1.165, 1.54) is 0 Å². The van der Waals surface area contributed by atoms with Gasteiger partial charge in [0.25, 0.3) is 0 Å². The first-order valence-corrected chi connectivity index (χ1v) is 10.3. The molecule has 0 aliphatic carbocycles. The van der Waals surface area contributed by atoms with Crippen molar-refractivity contribution in [3.63, 3.8) is 0 Å². The van der Waals surface area contributed by atoms with Crippen LogP contribution in [0.1, 0.15) is 53.9 Å². The van der Waals surface area contributed by atoms with Gasteiger partial charge in [0.15, 0.2) is 8.32 Å². The van der Waals surface area contributed by atoms with Gasteiger partial charge in [0.2, 0.25) is 0 Å². The highest BCUT2D eigenvalue weighted by Crippen LogP contribution is 2.38. The number of cyclic esters (lactones) is 1. The first-order valence-electron chi connectivity index (χ1n) is 7.38. The molecule has 112 valence electrons. The second kappa shape index (κ2) is 5.96. The number of ether oxygens (including phenoxy) is 1. The van der Waals surface area contributed by atoms with Crippen LogP contribution in [0.5, 0.6) is 0 Å². The minimum absolute atomic E-state index is 0.0530. The lowest BCUT2D eigenvalue weighted by Crippen LogP contribution is -2.43. The number of carbonyl (C=O) groups is 1. The van der Waals surface area contributed by atoms with E-state index in [1.807, 2.05) is 0 Å². The third kappa shape index (κ3) is 4.92. The normalized spacial score (nSPS) is 23.5. The van der Waals surface area contributed by atoms with E-state index in [0.29, 0.717) is 12.3 Å². The lowest BCUT2D eigenvalue weighted by molar-refractivity contribution is -0.170. The van der Waals surface area contributed by atoms with Gasteiger partial charge in [-0.15, -0.1) is 0 Å².